The maximum Gasteiger partial charge on any atom is 0.223 e. The van der Waals surface area contributed by atoms with Crippen LogP contribution in [0.3, 0.4) is 0 Å². The highest BCUT2D eigenvalue weighted by atomic mass is 16.5. The van der Waals surface area contributed by atoms with E-state index in [1.807, 2.05) is 0 Å². The van der Waals surface area contributed by atoms with Gasteiger partial charge in [-0.3, -0.25) is 0 Å². The van der Waals surface area contributed by atoms with Crippen LogP contribution in [0.15, 0.2) is 4.52 Å². The molecule has 0 radical (unpaired) electrons. The molecular formula is C10H19N3O. The number of aromatic nitrogens is 2. The van der Waals surface area contributed by atoms with E-state index >= 15 is 0 Å². The molecule has 80 valence electrons. The third-order valence-corrected chi connectivity index (χ3v) is 2.24. The number of hydrogen-bond acceptors (Lipinski definition) is 4. The van der Waals surface area contributed by atoms with E-state index in [1.165, 1.54) is 19.3 Å². The van der Waals surface area contributed by atoms with Crippen LogP contribution in [0.5, 0.6) is 0 Å². The molecule has 1 rings (SSSR count). The molecule has 4 heteroatoms. The monoisotopic (exact) mass is 197 g/mol. The second-order valence-electron chi connectivity index (χ2n) is 3.63. The summed E-state index contributed by atoms with van der Waals surface area (Å²) in [4.78, 5) is 4.11. The minimum absolute atomic E-state index is 0.0655. The second kappa shape index (κ2) is 5.75. The van der Waals surface area contributed by atoms with Gasteiger partial charge in [-0.1, -0.05) is 37.8 Å². The summed E-state index contributed by atoms with van der Waals surface area (Å²) in [6.07, 6.45) is 5.84. The number of nitrogens with two attached hydrogens (primary N) is 1. The molecule has 0 saturated carbocycles. The molecule has 0 amide bonds. The lowest BCUT2D eigenvalue weighted by atomic mass is 10.1. The third kappa shape index (κ3) is 3.46. The summed E-state index contributed by atoms with van der Waals surface area (Å²) in [5, 5.41) is 3.80. The van der Waals surface area contributed by atoms with Gasteiger partial charge in [-0.2, -0.15) is 4.98 Å². The first-order valence-electron chi connectivity index (χ1n) is 5.29. The van der Waals surface area contributed by atoms with Gasteiger partial charge in [0.15, 0.2) is 5.82 Å². The van der Waals surface area contributed by atoms with Crippen LogP contribution in [-0.4, -0.2) is 10.1 Å². The quantitative estimate of drug-likeness (QED) is 0.711. The summed E-state index contributed by atoms with van der Waals surface area (Å²) in [6.45, 7) is 3.97. The maximum atomic E-state index is 5.91. The van der Waals surface area contributed by atoms with Crippen molar-refractivity contribution in [2.45, 2.75) is 52.0 Å². The lowest BCUT2D eigenvalue weighted by molar-refractivity contribution is 0.381. The van der Waals surface area contributed by atoms with Crippen LogP contribution in [0, 0.1) is 6.92 Å². The largest absolute Gasteiger partial charge is 0.340 e. The molecule has 1 atom stereocenters. The molecule has 1 aromatic heterocycles. The summed E-state index contributed by atoms with van der Waals surface area (Å²) >= 11 is 0. The maximum absolute atomic E-state index is 5.91. The van der Waals surface area contributed by atoms with Crippen molar-refractivity contribution in [2.24, 2.45) is 5.73 Å². The zero-order chi connectivity index (χ0) is 10.4. The molecule has 14 heavy (non-hydrogen) atoms. The highest BCUT2D eigenvalue weighted by Crippen LogP contribution is 2.14. The number of rotatable bonds is 6. The van der Waals surface area contributed by atoms with Crippen molar-refractivity contribution in [3.8, 4) is 0 Å². The van der Waals surface area contributed by atoms with Gasteiger partial charge < -0.3 is 10.3 Å². The Balaban J connectivity index is 2.25. The lowest BCUT2D eigenvalue weighted by Crippen LogP contribution is -2.11. The Morgan fingerprint density at radius 3 is 2.71 bits per heavy atom. The molecule has 0 bridgehead atoms. The summed E-state index contributed by atoms with van der Waals surface area (Å²) in [5.74, 6) is 1.23. The molecule has 0 fully saturated rings. The van der Waals surface area contributed by atoms with Gasteiger partial charge in [-0.25, -0.2) is 0 Å². The zero-order valence-electron chi connectivity index (χ0n) is 8.99. The molecule has 0 aliphatic rings. The number of unbranched alkanes of at least 4 members (excludes halogenated alkanes) is 3. The van der Waals surface area contributed by atoms with Crippen LogP contribution in [0.1, 0.15) is 56.8 Å². The van der Waals surface area contributed by atoms with Crippen molar-refractivity contribution in [1.29, 1.82) is 0 Å². The predicted octanol–water partition coefficient (Wildman–Crippen LogP) is 2.35. The van der Waals surface area contributed by atoms with Crippen molar-refractivity contribution >= 4 is 0 Å². The summed E-state index contributed by atoms with van der Waals surface area (Å²) in [5.41, 5.74) is 5.91. The zero-order valence-corrected chi connectivity index (χ0v) is 8.99. The van der Waals surface area contributed by atoms with Crippen LogP contribution in [0.25, 0.3) is 0 Å². The molecule has 0 aliphatic carbocycles. The van der Waals surface area contributed by atoms with Gasteiger partial charge in [-0.05, 0) is 6.42 Å². The summed E-state index contributed by atoms with van der Waals surface area (Å²) in [7, 11) is 0. The SMILES string of the molecule is CCCCCCC(N)c1noc(C)n1. The molecule has 0 spiro atoms. The highest BCUT2D eigenvalue weighted by molar-refractivity contribution is 4.91. The average molecular weight is 197 g/mol. The smallest absolute Gasteiger partial charge is 0.223 e. The standard InChI is InChI=1S/C10H19N3O/c1-3-4-5-6-7-9(11)10-12-8(2)14-13-10/h9H,3-7,11H2,1-2H3. The van der Waals surface area contributed by atoms with E-state index in [0.29, 0.717) is 11.7 Å². The molecule has 0 aliphatic heterocycles. The molecule has 0 saturated heterocycles. The van der Waals surface area contributed by atoms with Crippen molar-refractivity contribution in [3.63, 3.8) is 0 Å². The van der Waals surface area contributed by atoms with E-state index in [9.17, 15) is 0 Å². The second-order valence-corrected chi connectivity index (χ2v) is 3.63. The normalized spacial score (nSPS) is 13.1. The first kappa shape index (κ1) is 11.2. The molecule has 4 nitrogen and oxygen atoms in total. The molecule has 2 N–H and O–H groups in total. The molecule has 1 aromatic rings. The third-order valence-electron chi connectivity index (χ3n) is 2.24. The Labute approximate surface area is 84.9 Å². The summed E-state index contributed by atoms with van der Waals surface area (Å²) in [6, 6.07) is -0.0655. The Morgan fingerprint density at radius 1 is 1.36 bits per heavy atom. The van der Waals surface area contributed by atoms with E-state index in [0.717, 1.165) is 12.8 Å². The van der Waals surface area contributed by atoms with Gasteiger partial charge in [0.05, 0.1) is 6.04 Å². The fourth-order valence-corrected chi connectivity index (χ4v) is 1.39. The highest BCUT2D eigenvalue weighted by Gasteiger charge is 2.11. The molecular weight excluding hydrogens is 178 g/mol. The van der Waals surface area contributed by atoms with Crippen LogP contribution in [-0.2, 0) is 0 Å². The lowest BCUT2D eigenvalue weighted by Gasteiger charge is -2.05. The van der Waals surface area contributed by atoms with Gasteiger partial charge in [-0.15, -0.1) is 0 Å². The molecule has 1 unspecified atom stereocenters. The van der Waals surface area contributed by atoms with Crippen LogP contribution >= 0.6 is 0 Å². The van der Waals surface area contributed by atoms with Crippen LogP contribution < -0.4 is 5.73 Å². The minimum Gasteiger partial charge on any atom is -0.340 e. The van der Waals surface area contributed by atoms with E-state index < -0.39 is 0 Å². The van der Waals surface area contributed by atoms with Crippen molar-refractivity contribution in [2.75, 3.05) is 0 Å². The Morgan fingerprint density at radius 2 is 2.14 bits per heavy atom. The van der Waals surface area contributed by atoms with Crippen molar-refractivity contribution in [3.05, 3.63) is 11.7 Å². The Bertz CT molecular complexity index is 260. The first-order chi connectivity index (χ1) is 6.74. The topological polar surface area (TPSA) is 64.9 Å². The fourth-order valence-electron chi connectivity index (χ4n) is 1.39. The average Bonchev–Trinajstić information content (AvgIpc) is 2.59. The van der Waals surface area contributed by atoms with Gasteiger partial charge in [0.1, 0.15) is 0 Å². The Hall–Kier alpha value is -0.900. The minimum atomic E-state index is -0.0655. The van der Waals surface area contributed by atoms with E-state index in [-0.39, 0.29) is 6.04 Å². The molecule has 0 aromatic carbocycles. The number of aryl methyl sites for hydroxylation is 1. The van der Waals surface area contributed by atoms with Gasteiger partial charge in [0.25, 0.3) is 0 Å². The van der Waals surface area contributed by atoms with E-state index in [2.05, 4.69) is 17.1 Å². The van der Waals surface area contributed by atoms with Gasteiger partial charge in [0.2, 0.25) is 5.89 Å². The van der Waals surface area contributed by atoms with Gasteiger partial charge >= 0.3 is 0 Å². The number of nitrogens with zero attached hydrogens (tertiary/aromatic N) is 2. The van der Waals surface area contributed by atoms with Crippen molar-refractivity contribution < 1.29 is 4.52 Å². The summed E-state index contributed by atoms with van der Waals surface area (Å²) < 4.78 is 4.87. The van der Waals surface area contributed by atoms with E-state index in [4.69, 9.17) is 10.3 Å². The van der Waals surface area contributed by atoms with Crippen molar-refractivity contribution in [1.82, 2.24) is 10.1 Å². The Kier molecular flexibility index (Phi) is 4.59. The molecule has 1 heterocycles. The first-order valence-corrected chi connectivity index (χ1v) is 5.29. The van der Waals surface area contributed by atoms with E-state index in [1.54, 1.807) is 6.92 Å². The number of hydrogen-bond donors (Lipinski definition) is 1. The van der Waals surface area contributed by atoms with Crippen LogP contribution in [0.2, 0.25) is 0 Å². The van der Waals surface area contributed by atoms with Gasteiger partial charge in [0, 0.05) is 6.92 Å². The van der Waals surface area contributed by atoms with Crippen LogP contribution in [0.4, 0.5) is 0 Å². The predicted molar refractivity (Wildman–Crippen MR) is 54.7 cm³/mol. The fraction of sp³-hybridized carbons (Fsp3) is 0.800.